The molecule has 0 fully saturated rings. The van der Waals surface area contributed by atoms with E-state index in [1.165, 1.54) is 24.1 Å². The summed E-state index contributed by atoms with van der Waals surface area (Å²) in [7, 11) is 1.71. The van der Waals surface area contributed by atoms with Gasteiger partial charge in [0.2, 0.25) is 0 Å². The van der Waals surface area contributed by atoms with Crippen molar-refractivity contribution in [1.29, 1.82) is 0 Å². The molecule has 11 nitrogen and oxygen atoms in total. The van der Waals surface area contributed by atoms with Gasteiger partial charge < -0.3 is 23.3 Å². The Morgan fingerprint density at radius 2 is 1.80 bits per heavy atom. The van der Waals surface area contributed by atoms with Crippen LogP contribution in [0.4, 0.5) is 14.3 Å². The van der Waals surface area contributed by atoms with Crippen molar-refractivity contribution in [2.75, 3.05) is 65.2 Å². The van der Waals surface area contributed by atoms with E-state index in [2.05, 4.69) is 16.8 Å². The van der Waals surface area contributed by atoms with Crippen molar-refractivity contribution in [1.82, 2.24) is 9.88 Å². The number of ether oxygens (including phenoxy) is 3. The summed E-state index contributed by atoms with van der Waals surface area (Å²) in [5.41, 5.74) is -0.183. The SMILES string of the molecule is CCOP(=O)(CCCN(C(=O)OC(C)(C)C)c1nc(C(=O)OC)c(CCCOc2ccc(C#CCN(C)C)cc2F)s1)OCC. The van der Waals surface area contributed by atoms with Gasteiger partial charge in [0.15, 0.2) is 22.4 Å². The number of carbonyl (C=O) groups excluding carboxylic acids is 2. The van der Waals surface area contributed by atoms with Crippen LogP contribution in [0, 0.1) is 17.7 Å². The first-order chi connectivity index (χ1) is 21.2. The second-order valence-electron chi connectivity index (χ2n) is 11.1. The lowest BCUT2D eigenvalue weighted by molar-refractivity contribution is 0.0569. The van der Waals surface area contributed by atoms with Crippen LogP contribution in [0.5, 0.6) is 5.75 Å². The summed E-state index contributed by atoms with van der Waals surface area (Å²) in [6, 6.07) is 4.56. The number of aromatic nitrogens is 1. The summed E-state index contributed by atoms with van der Waals surface area (Å²) >= 11 is 1.14. The van der Waals surface area contributed by atoms with Gasteiger partial charge in [-0.1, -0.05) is 11.8 Å². The molecule has 14 heteroatoms. The number of hydrogen-bond donors (Lipinski definition) is 0. The van der Waals surface area contributed by atoms with Crippen molar-refractivity contribution in [3.05, 3.63) is 40.2 Å². The van der Waals surface area contributed by atoms with Crippen molar-refractivity contribution in [3.8, 4) is 17.6 Å². The minimum atomic E-state index is -3.34. The summed E-state index contributed by atoms with van der Waals surface area (Å²) < 4.78 is 54.5. The lowest BCUT2D eigenvalue weighted by atomic mass is 10.2. The van der Waals surface area contributed by atoms with E-state index in [9.17, 15) is 18.5 Å². The third kappa shape index (κ3) is 13.1. The molecule has 0 bridgehead atoms. The molecule has 0 aliphatic rings. The number of hydrogen-bond acceptors (Lipinski definition) is 11. The predicted molar refractivity (Wildman–Crippen MR) is 173 cm³/mol. The van der Waals surface area contributed by atoms with E-state index >= 15 is 0 Å². The molecular weight excluding hydrogens is 624 g/mol. The minimum Gasteiger partial charge on any atom is -0.491 e. The Labute approximate surface area is 269 Å². The molecule has 0 spiro atoms. The van der Waals surface area contributed by atoms with E-state index in [0.29, 0.717) is 29.8 Å². The lowest BCUT2D eigenvalue weighted by Crippen LogP contribution is -2.37. The maximum Gasteiger partial charge on any atom is 0.416 e. The van der Waals surface area contributed by atoms with Crippen molar-refractivity contribution < 1.29 is 41.8 Å². The van der Waals surface area contributed by atoms with Crippen molar-refractivity contribution in [3.63, 3.8) is 0 Å². The molecule has 0 unspecified atom stereocenters. The Morgan fingerprint density at radius 3 is 2.38 bits per heavy atom. The molecule has 2 rings (SSSR count). The monoisotopic (exact) mass is 669 g/mol. The number of amides is 1. The summed E-state index contributed by atoms with van der Waals surface area (Å²) in [6.07, 6.45) is 0.444. The zero-order chi connectivity index (χ0) is 33.6. The highest BCUT2D eigenvalue weighted by molar-refractivity contribution is 7.53. The zero-order valence-electron chi connectivity index (χ0n) is 27.4. The number of halogens is 1. The van der Waals surface area contributed by atoms with Gasteiger partial charge in [0.05, 0.1) is 39.6 Å². The topological polar surface area (TPSA) is 117 Å². The summed E-state index contributed by atoms with van der Waals surface area (Å²) in [5.74, 6) is 4.80. The molecular formula is C31H45FN3O8PS. The Hall–Kier alpha value is -3.01. The number of thiazole rings is 1. The van der Waals surface area contributed by atoms with Crippen LogP contribution in [0.3, 0.4) is 0 Å². The van der Waals surface area contributed by atoms with Crippen LogP contribution in [-0.2, 0) is 29.5 Å². The first-order valence-electron chi connectivity index (χ1n) is 14.7. The van der Waals surface area contributed by atoms with Crippen LogP contribution in [0.25, 0.3) is 0 Å². The van der Waals surface area contributed by atoms with Gasteiger partial charge in [-0.05, 0) is 86.2 Å². The highest BCUT2D eigenvalue weighted by atomic mass is 32.1. The molecule has 0 N–H and O–H groups in total. The van der Waals surface area contributed by atoms with Crippen molar-refractivity contribution in [2.45, 2.75) is 59.5 Å². The fourth-order valence-electron chi connectivity index (χ4n) is 3.85. The molecule has 250 valence electrons. The quantitative estimate of drug-likeness (QED) is 0.0862. The molecule has 45 heavy (non-hydrogen) atoms. The van der Waals surface area contributed by atoms with Gasteiger partial charge in [0, 0.05) is 17.0 Å². The van der Waals surface area contributed by atoms with E-state index in [1.54, 1.807) is 40.7 Å². The number of esters is 1. The van der Waals surface area contributed by atoms with Crippen LogP contribution < -0.4 is 9.64 Å². The summed E-state index contributed by atoms with van der Waals surface area (Å²) in [5, 5.41) is 0.222. The summed E-state index contributed by atoms with van der Waals surface area (Å²) in [4.78, 5) is 34.1. The van der Waals surface area contributed by atoms with Gasteiger partial charge in [0.25, 0.3) is 0 Å². The average Bonchev–Trinajstić information content (AvgIpc) is 3.36. The second kappa shape index (κ2) is 18.2. The number of benzene rings is 1. The van der Waals surface area contributed by atoms with Crippen LogP contribution in [-0.4, -0.2) is 87.8 Å². The van der Waals surface area contributed by atoms with Gasteiger partial charge >= 0.3 is 19.7 Å². The number of nitrogens with zero attached hydrogens (tertiary/aromatic N) is 3. The standard InChI is InChI=1S/C31H45FN3O8PS/c1-9-41-44(38,42-10-2)21-13-19-35(30(37)43-31(3,4)5)29-33-27(28(36)39-8)26(45-29)15-12-20-40-25-17-16-23(22-24(25)32)14-11-18-34(6)7/h16-17,22H,9-10,12-13,15,18-21H2,1-8H3. The van der Waals surface area contributed by atoms with Gasteiger partial charge in [-0.25, -0.2) is 19.0 Å². The number of rotatable bonds is 16. The summed E-state index contributed by atoms with van der Waals surface area (Å²) in [6.45, 7) is 9.93. The normalized spacial score (nSPS) is 11.6. The molecule has 0 aliphatic heterocycles. The van der Waals surface area contributed by atoms with Gasteiger partial charge in [-0.2, -0.15) is 0 Å². The minimum absolute atomic E-state index is 0.0622. The van der Waals surface area contributed by atoms with Crippen LogP contribution in [0.2, 0.25) is 0 Å². The molecule has 0 radical (unpaired) electrons. The van der Waals surface area contributed by atoms with Gasteiger partial charge in [0.1, 0.15) is 5.60 Å². The lowest BCUT2D eigenvalue weighted by Gasteiger charge is -2.26. The highest BCUT2D eigenvalue weighted by Crippen LogP contribution is 2.48. The molecule has 0 saturated carbocycles. The number of anilines is 1. The fraction of sp³-hybridized carbons (Fsp3) is 0.581. The molecule has 1 aromatic carbocycles. The van der Waals surface area contributed by atoms with Gasteiger partial charge in [-0.15, -0.1) is 11.3 Å². The van der Waals surface area contributed by atoms with Crippen molar-refractivity contribution >= 4 is 36.1 Å². The van der Waals surface area contributed by atoms with Gasteiger partial charge in [-0.3, -0.25) is 14.4 Å². The molecule has 0 saturated heterocycles. The maximum atomic E-state index is 14.6. The van der Waals surface area contributed by atoms with E-state index in [-0.39, 0.29) is 55.5 Å². The number of methoxy groups -OCH3 is 1. The van der Waals surface area contributed by atoms with Crippen LogP contribution in [0.15, 0.2) is 18.2 Å². The molecule has 1 heterocycles. The van der Waals surface area contributed by atoms with E-state index in [0.717, 1.165) is 11.3 Å². The first kappa shape index (κ1) is 38.2. The highest BCUT2D eigenvalue weighted by Gasteiger charge is 2.30. The Bertz CT molecular complexity index is 1370. The third-order valence-corrected chi connectivity index (χ3v) is 9.05. The van der Waals surface area contributed by atoms with E-state index in [4.69, 9.17) is 23.3 Å². The van der Waals surface area contributed by atoms with Crippen LogP contribution >= 0.6 is 18.9 Å². The maximum absolute atomic E-state index is 14.6. The molecule has 2 aromatic rings. The van der Waals surface area contributed by atoms with E-state index in [1.807, 2.05) is 19.0 Å². The van der Waals surface area contributed by atoms with E-state index < -0.39 is 31.1 Å². The van der Waals surface area contributed by atoms with Crippen LogP contribution in [0.1, 0.15) is 68.4 Å². The number of aryl methyl sites for hydroxylation is 1. The molecule has 1 amide bonds. The molecule has 0 aliphatic carbocycles. The third-order valence-electron chi connectivity index (χ3n) is 5.74. The zero-order valence-corrected chi connectivity index (χ0v) is 29.1. The largest absolute Gasteiger partial charge is 0.491 e. The average molecular weight is 670 g/mol. The fourth-order valence-corrected chi connectivity index (χ4v) is 6.61. The number of carbonyl (C=O) groups is 2. The Morgan fingerprint density at radius 1 is 1.11 bits per heavy atom. The second-order valence-corrected chi connectivity index (χ2v) is 14.3. The smallest absolute Gasteiger partial charge is 0.416 e. The first-order valence-corrected chi connectivity index (χ1v) is 17.3. The van der Waals surface area contributed by atoms with Crippen molar-refractivity contribution in [2.24, 2.45) is 0 Å². The molecule has 1 aromatic heterocycles. The Balaban J connectivity index is 2.20. The Kier molecular flexibility index (Phi) is 15.5. The predicted octanol–water partition coefficient (Wildman–Crippen LogP) is 6.39. The molecule has 0 atom stereocenters.